The van der Waals surface area contributed by atoms with Gasteiger partial charge in [0.05, 0.1) is 12.2 Å². The summed E-state index contributed by atoms with van der Waals surface area (Å²) in [6, 6.07) is 12.1. The molecule has 2 heterocycles. The number of piperidine rings is 1. The lowest BCUT2D eigenvalue weighted by Gasteiger charge is -2.34. The highest BCUT2D eigenvalue weighted by molar-refractivity contribution is 7.16. The second kappa shape index (κ2) is 5.43. The van der Waals surface area contributed by atoms with Crippen molar-refractivity contribution in [3.63, 3.8) is 0 Å². The summed E-state index contributed by atoms with van der Waals surface area (Å²) in [7, 11) is 0. The van der Waals surface area contributed by atoms with E-state index in [1.807, 2.05) is 30.3 Å². The van der Waals surface area contributed by atoms with Gasteiger partial charge in [0.1, 0.15) is 10.9 Å². The molecule has 100 valence electrons. The van der Waals surface area contributed by atoms with Crippen molar-refractivity contribution in [3.05, 3.63) is 47.0 Å². The molecule has 1 atom stereocenters. The van der Waals surface area contributed by atoms with Gasteiger partial charge >= 0.3 is 0 Å². The Morgan fingerprint density at radius 3 is 2.85 bits per heavy atom. The minimum Gasteiger partial charge on any atom is -0.280 e. The Balaban J connectivity index is 1.99. The van der Waals surface area contributed by atoms with Crippen LogP contribution in [0.2, 0.25) is 0 Å². The SMILES string of the molecule is N#Cc1cnc(N2C(=O)CCC[C@H]2c2ccccc2)s1. The van der Waals surface area contributed by atoms with Gasteiger partial charge < -0.3 is 0 Å². The molecule has 1 aliphatic heterocycles. The third-order valence-corrected chi connectivity index (χ3v) is 4.34. The first-order chi connectivity index (χ1) is 9.79. The lowest BCUT2D eigenvalue weighted by atomic mass is 9.95. The second-order valence-corrected chi connectivity index (χ2v) is 5.71. The number of carbonyl (C=O) groups is 1. The molecule has 0 spiro atoms. The molecule has 1 amide bonds. The topological polar surface area (TPSA) is 57.0 Å². The number of anilines is 1. The minimum atomic E-state index is 0.0233. The van der Waals surface area contributed by atoms with E-state index < -0.39 is 0 Å². The van der Waals surface area contributed by atoms with Gasteiger partial charge in [-0.1, -0.05) is 41.7 Å². The molecule has 1 fully saturated rings. The van der Waals surface area contributed by atoms with Gasteiger partial charge in [0.2, 0.25) is 5.91 Å². The summed E-state index contributed by atoms with van der Waals surface area (Å²) < 4.78 is 0. The number of nitriles is 1. The smallest absolute Gasteiger partial charge is 0.229 e. The van der Waals surface area contributed by atoms with Crippen LogP contribution in [0.4, 0.5) is 5.13 Å². The Labute approximate surface area is 121 Å². The number of hydrogen-bond donors (Lipinski definition) is 0. The van der Waals surface area contributed by atoms with Crippen molar-refractivity contribution >= 4 is 22.4 Å². The van der Waals surface area contributed by atoms with Crippen LogP contribution < -0.4 is 4.90 Å². The van der Waals surface area contributed by atoms with Gasteiger partial charge in [0.15, 0.2) is 5.13 Å². The Bertz CT molecular complexity index is 659. The fourth-order valence-corrected chi connectivity index (χ4v) is 3.31. The van der Waals surface area contributed by atoms with Crippen molar-refractivity contribution < 1.29 is 4.79 Å². The fourth-order valence-electron chi connectivity index (χ4n) is 2.53. The molecule has 1 aliphatic rings. The molecule has 1 aromatic heterocycles. The number of rotatable bonds is 2. The van der Waals surface area contributed by atoms with Crippen LogP contribution in [0.25, 0.3) is 0 Å². The van der Waals surface area contributed by atoms with E-state index in [1.165, 1.54) is 17.5 Å². The maximum absolute atomic E-state index is 12.3. The van der Waals surface area contributed by atoms with E-state index in [1.54, 1.807) is 4.90 Å². The standard InChI is InChI=1S/C15H13N3OS/c16-9-12-10-17-15(20-12)18-13(7-4-8-14(18)19)11-5-2-1-3-6-11/h1-3,5-6,10,13H,4,7-8H2/t13-/m0/s1. The summed E-state index contributed by atoms with van der Waals surface area (Å²) in [5, 5.41) is 9.54. The molecule has 0 unspecified atom stereocenters. The van der Waals surface area contributed by atoms with Crippen molar-refractivity contribution in [1.82, 2.24) is 4.98 Å². The molecule has 20 heavy (non-hydrogen) atoms. The molecule has 0 saturated carbocycles. The summed E-state index contributed by atoms with van der Waals surface area (Å²) in [5.74, 6) is 0.0870. The Morgan fingerprint density at radius 1 is 1.35 bits per heavy atom. The van der Waals surface area contributed by atoms with Crippen LogP contribution >= 0.6 is 11.3 Å². The van der Waals surface area contributed by atoms with E-state index in [2.05, 4.69) is 11.1 Å². The molecule has 0 N–H and O–H groups in total. The van der Waals surface area contributed by atoms with Crippen LogP contribution in [-0.4, -0.2) is 10.9 Å². The molecule has 4 nitrogen and oxygen atoms in total. The summed E-state index contributed by atoms with van der Waals surface area (Å²) in [4.78, 5) is 18.8. The van der Waals surface area contributed by atoms with E-state index >= 15 is 0 Å². The largest absolute Gasteiger partial charge is 0.280 e. The number of aromatic nitrogens is 1. The van der Waals surface area contributed by atoms with Gasteiger partial charge in [0.25, 0.3) is 0 Å². The predicted octanol–water partition coefficient (Wildman–Crippen LogP) is 3.27. The molecule has 1 saturated heterocycles. The number of benzene rings is 1. The number of thiazole rings is 1. The van der Waals surface area contributed by atoms with Crippen molar-refractivity contribution in [2.45, 2.75) is 25.3 Å². The minimum absolute atomic E-state index is 0.0233. The van der Waals surface area contributed by atoms with E-state index in [0.29, 0.717) is 16.4 Å². The van der Waals surface area contributed by atoms with Crippen molar-refractivity contribution in [1.29, 1.82) is 5.26 Å². The summed E-state index contributed by atoms with van der Waals surface area (Å²) in [6.07, 6.45) is 3.90. The predicted molar refractivity (Wildman–Crippen MR) is 77.3 cm³/mol. The average Bonchev–Trinajstić information content (AvgIpc) is 2.96. The fraction of sp³-hybridized carbons (Fsp3) is 0.267. The lowest BCUT2D eigenvalue weighted by Crippen LogP contribution is -2.38. The molecular formula is C15H13N3OS. The summed E-state index contributed by atoms with van der Waals surface area (Å²) in [5.41, 5.74) is 1.12. The molecule has 2 aromatic rings. The third kappa shape index (κ3) is 2.30. The highest BCUT2D eigenvalue weighted by atomic mass is 32.1. The maximum atomic E-state index is 12.3. The number of hydrogen-bond acceptors (Lipinski definition) is 4. The number of nitrogens with zero attached hydrogens (tertiary/aromatic N) is 3. The first kappa shape index (κ1) is 12.8. The number of carbonyl (C=O) groups excluding carboxylic acids is 1. The zero-order valence-corrected chi connectivity index (χ0v) is 11.6. The van der Waals surface area contributed by atoms with Gasteiger partial charge in [-0.05, 0) is 18.4 Å². The Morgan fingerprint density at radius 2 is 2.15 bits per heavy atom. The van der Waals surface area contributed by atoms with E-state index in [4.69, 9.17) is 5.26 Å². The van der Waals surface area contributed by atoms with Crippen LogP contribution in [0, 0.1) is 11.3 Å². The third-order valence-electron chi connectivity index (χ3n) is 3.44. The van der Waals surface area contributed by atoms with Crippen molar-refractivity contribution in [2.75, 3.05) is 4.90 Å². The van der Waals surface area contributed by atoms with Crippen LogP contribution in [0.15, 0.2) is 36.5 Å². The Kier molecular flexibility index (Phi) is 3.48. The second-order valence-electron chi connectivity index (χ2n) is 4.70. The zero-order valence-electron chi connectivity index (χ0n) is 10.8. The average molecular weight is 283 g/mol. The molecule has 0 bridgehead atoms. The van der Waals surface area contributed by atoms with Crippen LogP contribution in [0.3, 0.4) is 0 Å². The molecule has 3 rings (SSSR count). The molecule has 5 heteroatoms. The van der Waals surface area contributed by atoms with Crippen LogP contribution in [0.1, 0.15) is 35.7 Å². The van der Waals surface area contributed by atoms with Gasteiger partial charge in [0, 0.05) is 6.42 Å². The van der Waals surface area contributed by atoms with Gasteiger partial charge in [-0.25, -0.2) is 4.98 Å². The number of amides is 1. The maximum Gasteiger partial charge on any atom is 0.229 e. The molecule has 0 radical (unpaired) electrons. The Hall–Kier alpha value is -2.19. The van der Waals surface area contributed by atoms with Crippen molar-refractivity contribution in [3.8, 4) is 6.07 Å². The quantitative estimate of drug-likeness (QED) is 0.850. The molecule has 1 aromatic carbocycles. The van der Waals surface area contributed by atoms with Crippen LogP contribution in [-0.2, 0) is 4.79 Å². The van der Waals surface area contributed by atoms with E-state index in [9.17, 15) is 4.79 Å². The molecular weight excluding hydrogens is 270 g/mol. The van der Waals surface area contributed by atoms with E-state index in [0.717, 1.165) is 18.4 Å². The first-order valence-electron chi connectivity index (χ1n) is 6.52. The highest BCUT2D eigenvalue weighted by Crippen LogP contribution is 2.37. The molecule has 0 aliphatic carbocycles. The van der Waals surface area contributed by atoms with Gasteiger partial charge in [-0.3, -0.25) is 9.69 Å². The van der Waals surface area contributed by atoms with E-state index in [-0.39, 0.29) is 11.9 Å². The zero-order chi connectivity index (χ0) is 13.9. The normalized spacial score (nSPS) is 18.9. The highest BCUT2D eigenvalue weighted by Gasteiger charge is 2.32. The first-order valence-corrected chi connectivity index (χ1v) is 7.34. The van der Waals surface area contributed by atoms with Crippen molar-refractivity contribution in [2.24, 2.45) is 0 Å². The lowest BCUT2D eigenvalue weighted by molar-refractivity contribution is -0.120. The monoisotopic (exact) mass is 283 g/mol. The van der Waals surface area contributed by atoms with Gasteiger partial charge in [-0.15, -0.1) is 0 Å². The summed E-state index contributed by atoms with van der Waals surface area (Å²) >= 11 is 1.27. The van der Waals surface area contributed by atoms with Gasteiger partial charge in [-0.2, -0.15) is 5.26 Å². The van der Waals surface area contributed by atoms with Crippen LogP contribution in [0.5, 0.6) is 0 Å². The summed E-state index contributed by atoms with van der Waals surface area (Å²) in [6.45, 7) is 0.